The molecule has 2 N–H and O–H groups in total. The summed E-state index contributed by atoms with van der Waals surface area (Å²) in [4.78, 5) is 9.56. The van der Waals surface area contributed by atoms with E-state index in [9.17, 15) is 0 Å². The molecule has 2 aromatic rings. The summed E-state index contributed by atoms with van der Waals surface area (Å²) in [6, 6.07) is 7.54. The van der Waals surface area contributed by atoms with Gasteiger partial charge in [-0.2, -0.15) is 0 Å². The molecule has 0 spiro atoms. The van der Waals surface area contributed by atoms with Crippen molar-refractivity contribution < 1.29 is 4.74 Å². The van der Waals surface area contributed by atoms with Gasteiger partial charge in [0.25, 0.3) is 0 Å². The lowest BCUT2D eigenvalue weighted by molar-refractivity contribution is 0.242. The second-order valence-electron chi connectivity index (χ2n) is 4.49. The Morgan fingerprint density at radius 2 is 2.05 bits per heavy atom. The van der Waals surface area contributed by atoms with Gasteiger partial charge in [0.05, 0.1) is 6.10 Å². The lowest BCUT2D eigenvalue weighted by Gasteiger charge is -2.11. The van der Waals surface area contributed by atoms with E-state index in [1.165, 1.54) is 11.8 Å². The van der Waals surface area contributed by atoms with Crippen LogP contribution >= 0.6 is 11.8 Å². The summed E-state index contributed by atoms with van der Waals surface area (Å²) in [5.74, 6) is 0.769. The van der Waals surface area contributed by atoms with Crippen molar-refractivity contribution in [3.63, 3.8) is 0 Å². The highest BCUT2D eigenvalue weighted by Gasteiger charge is 2.06. The second-order valence-corrected chi connectivity index (χ2v) is 5.53. The average molecular weight is 275 g/mol. The molecular weight excluding hydrogens is 258 g/mol. The summed E-state index contributed by atoms with van der Waals surface area (Å²) in [6.07, 6.45) is 1.87. The Kier molecular flexibility index (Phi) is 4.27. The summed E-state index contributed by atoms with van der Waals surface area (Å²) in [5, 5.41) is 0.709. The predicted octanol–water partition coefficient (Wildman–Crippen LogP) is 3.31. The van der Waals surface area contributed by atoms with Gasteiger partial charge in [-0.1, -0.05) is 0 Å². The van der Waals surface area contributed by atoms with E-state index in [1.807, 2.05) is 45.0 Å². The molecule has 5 heteroatoms. The third-order valence-corrected chi connectivity index (χ3v) is 3.11. The maximum atomic E-state index is 5.88. The summed E-state index contributed by atoms with van der Waals surface area (Å²) in [6.45, 7) is 5.91. The number of ether oxygens (including phenoxy) is 1. The first-order valence-electron chi connectivity index (χ1n) is 6.07. The van der Waals surface area contributed by atoms with E-state index in [2.05, 4.69) is 9.97 Å². The Balaban J connectivity index is 2.22. The van der Waals surface area contributed by atoms with Crippen LogP contribution in [0.15, 0.2) is 40.5 Å². The number of nitrogens with two attached hydrogens (primary N) is 1. The quantitative estimate of drug-likeness (QED) is 0.685. The highest BCUT2D eigenvalue weighted by Crippen LogP contribution is 2.30. The van der Waals surface area contributed by atoms with Gasteiger partial charge >= 0.3 is 0 Å². The number of nitrogen functional groups attached to an aromatic ring is 1. The number of benzene rings is 1. The van der Waals surface area contributed by atoms with Crippen LogP contribution in [0, 0.1) is 6.92 Å². The zero-order valence-corrected chi connectivity index (χ0v) is 12.1. The molecule has 0 unspecified atom stereocenters. The van der Waals surface area contributed by atoms with E-state index in [1.54, 1.807) is 6.20 Å². The summed E-state index contributed by atoms with van der Waals surface area (Å²) in [7, 11) is 0. The van der Waals surface area contributed by atoms with Crippen LogP contribution in [0.1, 0.15) is 19.5 Å². The molecule has 0 saturated heterocycles. The molecule has 1 heterocycles. The molecule has 1 aromatic heterocycles. The van der Waals surface area contributed by atoms with Gasteiger partial charge in [0, 0.05) is 28.5 Å². The average Bonchev–Trinajstić information content (AvgIpc) is 2.26. The Morgan fingerprint density at radius 1 is 1.26 bits per heavy atom. The molecule has 0 aliphatic heterocycles. The first-order valence-corrected chi connectivity index (χ1v) is 6.89. The van der Waals surface area contributed by atoms with Crippen molar-refractivity contribution >= 4 is 17.4 Å². The van der Waals surface area contributed by atoms with E-state index in [-0.39, 0.29) is 6.10 Å². The fourth-order valence-corrected chi connectivity index (χ4v) is 2.46. The molecule has 2 rings (SSSR count). The molecule has 0 aliphatic rings. The van der Waals surface area contributed by atoms with E-state index in [4.69, 9.17) is 10.5 Å². The van der Waals surface area contributed by atoms with Crippen molar-refractivity contribution in [2.24, 2.45) is 0 Å². The zero-order chi connectivity index (χ0) is 13.8. The predicted molar refractivity (Wildman–Crippen MR) is 77.5 cm³/mol. The van der Waals surface area contributed by atoms with Crippen molar-refractivity contribution in [3.05, 3.63) is 36.2 Å². The van der Waals surface area contributed by atoms with Gasteiger partial charge in [-0.3, -0.25) is 0 Å². The third kappa shape index (κ3) is 4.13. The van der Waals surface area contributed by atoms with Gasteiger partial charge in [-0.15, -0.1) is 0 Å². The number of hydrogen-bond donors (Lipinski definition) is 1. The van der Waals surface area contributed by atoms with Crippen molar-refractivity contribution in [2.45, 2.75) is 36.9 Å². The van der Waals surface area contributed by atoms with Crippen LogP contribution in [-0.4, -0.2) is 16.1 Å². The largest absolute Gasteiger partial charge is 0.491 e. The van der Waals surface area contributed by atoms with E-state index < -0.39 is 0 Å². The van der Waals surface area contributed by atoms with Crippen molar-refractivity contribution in [1.82, 2.24) is 9.97 Å². The molecule has 4 nitrogen and oxygen atoms in total. The van der Waals surface area contributed by atoms with Gasteiger partial charge < -0.3 is 10.5 Å². The van der Waals surface area contributed by atoms with Crippen LogP contribution in [0.2, 0.25) is 0 Å². The molecule has 19 heavy (non-hydrogen) atoms. The molecule has 0 amide bonds. The minimum absolute atomic E-state index is 0.120. The van der Waals surface area contributed by atoms with Crippen molar-refractivity contribution in [2.75, 3.05) is 5.73 Å². The molecule has 0 aliphatic carbocycles. The molecule has 1 aromatic carbocycles. The van der Waals surface area contributed by atoms with Crippen LogP contribution in [0.3, 0.4) is 0 Å². The van der Waals surface area contributed by atoms with E-state index in [0.717, 1.165) is 16.3 Å². The summed E-state index contributed by atoms with van der Waals surface area (Å²) in [5.41, 5.74) is 7.50. The van der Waals surface area contributed by atoms with Gasteiger partial charge in [-0.05, 0) is 50.7 Å². The Morgan fingerprint density at radius 3 is 2.74 bits per heavy atom. The maximum Gasteiger partial charge on any atom is 0.192 e. The summed E-state index contributed by atoms with van der Waals surface area (Å²) >= 11 is 1.47. The minimum Gasteiger partial charge on any atom is -0.491 e. The first kappa shape index (κ1) is 13.7. The number of aryl methyl sites for hydroxylation is 1. The Labute approximate surface area is 117 Å². The lowest BCUT2D eigenvalue weighted by atomic mass is 10.3. The van der Waals surface area contributed by atoms with Crippen LogP contribution < -0.4 is 10.5 Å². The van der Waals surface area contributed by atoms with Gasteiger partial charge in [0.15, 0.2) is 5.16 Å². The van der Waals surface area contributed by atoms with Crippen LogP contribution in [0.25, 0.3) is 0 Å². The van der Waals surface area contributed by atoms with E-state index >= 15 is 0 Å². The van der Waals surface area contributed by atoms with Crippen molar-refractivity contribution in [1.29, 1.82) is 0 Å². The summed E-state index contributed by atoms with van der Waals surface area (Å²) < 4.78 is 5.66. The van der Waals surface area contributed by atoms with Crippen molar-refractivity contribution in [3.8, 4) is 5.75 Å². The lowest BCUT2D eigenvalue weighted by Crippen LogP contribution is -2.05. The topological polar surface area (TPSA) is 61.0 Å². The number of anilines is 1. The van der Waals surface area contributed by atoms with Crippen LogP contribution in [-0.2, 0) is 0 Å². The molecule has 0 fully saturated rings. The molecule has 100 valence electrons. The van der Waals surface area contributed by atoms with Gasteiger partial charge in [0.2, 0.25) is 0 Å². The van der Waals surface area contributed by atoms with Crippen LogP contribution in [0.4, 0.5) is 5.69 Å². The fourth-order valence-electron chi connectivity index (χ4n) is 1.57. The number of hydrogen-bond acceptors (Lipinski definition) is 5. The first-order chi connectivity index (χ1) is 9.02. The monoisotopic (exact) mass is 275 g/mol. The van der Waals surface area contributed by atoms with Crippen LogP contribution in [0.5, 0.6) is 5.75 Å². The molecular formula is C14H17N3OS. The Hall–Kier alpha value is -1.75. The highest BCUT2D eigenvalue weighted by atomic mass is 32.2. The normalized spacial score (nSPS) is 10.7. The number of aromatic nitrogens is 2. The second kappa shape index (κ2) is 5.93. The standard InChI is InChI=1S/C14H17N3OS/c1-9(2)18-12-6-11(15)7-13(8-12)19-14-16-5-4-10(3)17-14/h4-9H,15H2,1-3H3. The van der Waals surface area contributed by atoms with E-state index in [0.29, 0.717) is 10.8 Å². The number of rotatable bonds is 4. The maximum absolute atomic E-state index is 5.88. The fraction of sp³-hybridized carbons (Fsp3) is 0.286. The SMILES string of the molecule is Cc1ccnc(Sc2cc(N)cc(OC(C)C)c2)n1. The smallest absolute Gasteiger partial charge is 0.192 e. The Bertz CT molecular complexity index is 572. The van der Waals surface area contributed by atoms with Gasteiger partial charge in [-0.25, -0.2) is 9.97 Å². The minimum atomic E-state index is 0.120. The molecule has 0 radical (unpaired) electrons. The molecule has 0 atom stereocenters. The zero-order valence-electron chi connectivity index (χ0n) is 11.3. The van der Waals surface area contributed by atoms with Gasteiger partial charge in [0.1, 0.15) is 5.75 Å². The number of nitrogens with zero attached hydrogens (tertiary/aromatic N) is 2. The third-order valence-electron chi connectivity index (χ3n) is 2.26. The highest BCUT2D eigenvalue weighted by molar-refractivity contribution is 7.99. The molecule has 0 bridgehead atoms. The molecule has 0 saturated carbocycles.